The van der Waals surface area contributed by atoms with Crippen LogP contribution in [0.1, 0.15) is 31.7 Å². The van der Waals surface area contributed by atoms with E-state index in [2.05, 4.69) is 0 Å². The molecule has 0 radical (unpaired) electrons. The summed E-state index contributed by atoms with van der Waals surface area (Å²) in [6.45, 7) is 2.04. The third kappa shape index (κ3) is 3.87. The van der Waals surface area contributed by atoms with Crippen LogP contribution >= 0.6 is 0 Å². The van der Waals surface area contributed by atoms with Crippen LogP contribution in [0.2, 0.25) is 0 Å². The molecule has 146 valence electrons. The van der Waals surface area contributed by atoms with Crippen molar-refractivity contribution in [2.24, 2.45) is 5.41 Å². The molecule has 0 spiro atoms. The number of nitrogens with zero attached hydrogens (tertiary/aromatic N) is 2. The standard InChI is InChI=1S/C18H22N2O7/c1-2-26-16(22)18(7-8-18)15-9-14(21)10-19(15)17(23)27-11-12-3-5-13(6-4-12)20(24)25/h3-6,14-15,21H,2,7-11H2,1H3/t14-,15+/m1/s1. The number of non-ortho nitro benzene ring substituents is 1. The second-order valence-electron chi connectivity index (χ2n) is 6.91. The molecular formula is C18H22N2O7. The maximum atomic E-state index is 12.5. The minimum Gasteiger partial charge on any atom is -0.466 e. The summed E-state index contributed by atoms with van der Waals surface area (Å²) in [4.78, 5) is 36.4. The van der Waals surface area contributed by atoms with Crippen molar-refractivity contribution in [2.45, 2.75) is 44.9 Å². The van der Waals surface area contributed by atoms with Crippen LogP contribution in [0.15, 0.2) is 24.3 Å². The predicted octanol–water partition coefficient (Wildman–Crippen LogP) is 2.01. The highest BCUT2D eigenvalue weighted by molar-refractivity contribution is 5.82. The molecule has 2 atom stereocenters. The minimum absolute atomic E-state index is 0.0436. The van der Waals surface area contributed by atoms with Gasteiger partial charge in [-0.15, -0.1) is 0 Å². The van der Waals surface area contributed by atoms with Gasteiger partial charge in [0.05, 0.1) is 35.6 Å². The SMILES string of the molecule is CCOC(=O)C1([C@@H]2C[C@@H](O)CN2C(=O)OCc2ccc([N+](=O)[O-])cc2)CC1. The molecule has 1 aliphatic carbocycles. The number of rotatable bonds is 6. The van der Waals surface area contributed by atoms with Gasteiger partial charge >= 0.3 is 12.1 Å². The molecule has 1 aromatic rings. The van der Waals surface area contributed by atoms with Crippen molar-refractivity contribution in [1.29, 1.82) is 0 Å². The maximum Gasteiger partial charge on any atom is 0.410 e. The van der Waals surface area contributed by atoms with E-state index in [9.17, 15) is 24.8 Å². The fraction of sp³-hybridized carbons (Fsp3) is 0.556. The maximum absolute atomic E-state index is 12.5. The van der Waals surface area contributed by atoms with Crippen molar-refractivity contribution >= 4 is 17.7 Å². The van der Waals surface area contributed by atoms with Crippen molar-refractivity contribution in [3.8, 4) is 0 Å². The normalized spacial score (nSPS) is 23.0. The lowest BCUT2D eigenvalue weighted by atomic mass is 9.94. The molecule has 0 unspecified atom stereocenters. The number of hydrogen-bond donors (Lipinski definition) is 1. The molecule has 1 N–H and O–H groups in total. The molecular weight excluding hydrogens is 356 g/mol. The first-order chi connectivity index (χ1) is 12.9. The molecule has 1 aliphatic heterocycles. The van der Waals surface area contributed by atoms with E-state index in [1.54, 1.807) is 6.92 Å². The molecule has 27 heavy (non-hydrogen) atoms. The lowest BCUT2D eigenvalue weighted by Crippen LogP contribution is -2.45. The van der Waals surface area contributed by atoms with Crippen molar-refractivity contribution < 1.29 is 29.1 Å². The Balaban J connectivity index is 1.64. The van der Waals surface area contributed by atoms with E-state index in [-0.39, 0.29) is 31.4 Å². The lowest BCUT2D eigenvalue weighted by molar-refractivity contribution is -0.384. The predicted molar refractivity (Wildman–Crippen MR) is 92.7 cm³/mol. The van der Waals surface area contributed by atoms with Crippen molar-refractivity contribution in [1.82, 2.24) is 4.90 Å². The van der Waals surface area contributed by atoms with Crippen molar-refractivity contribution in [3.63, 3.8) is 0 Å². The number of benzene rings is 1. The van der Waals surface area contributed by atoms with Crippen LogP contribution in [0.25, 0.3) is 0 Å². The van der Waals surface area contributed by atoms with Gasteiger partial charge in [-0.05, 0) is 43.9 Å². The van der Waals surface area contributed by atoms with Gasteiger partial charge in [0, 0.05) is 12.1 Å². The number of likely N-dealkylation sites (tertiary alicyclic amines) is 1. The molecule has 0 aromatic heterocycles. The highest BCUT2D eigenvalue weighted by atomic mass is 16.6. The molecule has 1 aromatic carbocycles. The number of amides is 1. The molecule has 3 rings (SSSR count). The molecule has 1 amide bonds. The molecule has 1 saturated carbocycles. The Kier molecular flexibility index (Phi) is 5.31. The molecule has 9 nitrogen and oxygen atoms in total. The molecule has 9 heteroatoms. The molecule has 0 bridgehead atoms. The van der Waals surface area contributed by atoms with Gasteiger partial charge in [0.1, 0.15) is 6.61 Å². The first-order valence-corrected chi connectivity index (χ1v) is 8.89. The quantitative estimate of drug-likeness (QED) is 0.457. The van der Waals surface area contributed by atoms with E-state index < -0.39 is 28.6 Å². The number of nitro benzene ring substituents is 1. The highest BCUT2D eigenvalue weighted by Crippen LogP contribution is 2.54. The summed E-state index contributed by atoms with van der Waals surface area (Å²) in [5, 5.41) is 20.7. The van der Waals surface area contributed by atoms with E-state index in [1.807, 2.05) is 0 Å². The summed E-state index contributed by atoms with van der Waals surface area (Å²) in [6.07, 6.45) is 0.218. The summed E-state index contributed by atoms with van der Waals surface area (Å²) < 4.78 is 10.5. The zero-order chi connectivity index (χ0) is 19.6. The number of ether oxygens (including phenoxy) is 2. The smallest absolute Gasteiger partial charge is 0.410 e. The fourth-order valence-electron chi connectivity index (χ4n) is 3.56. The van der Waals surface area contributed by atoms with Gasteiger partial charge < -0.3 is 19.5 Å². The van der Waals surface area contributed by atoms with Crippen LogP contribution < -0.4 is 0 Å². The second-order valence-corrected chi connectivity index (χ2v) is 6.91. The summed E-state index contributed by atoms with van der Waals surface area (Å²) in [5.74, 6) is -0.336. The zero-order valence-electron chi connectivity index (χ0n) is 15.0. The monoisotopic (exact) mass is 378 g/mol. The first-order valence-electron chi connectivity index (χ1n) is 8.89. The van der Waals surface area contributed by atoms with Gasteiger partial charge in [-0.2, -0.15) is 0 Å². The van der Waals surface area contributed by atoms with E-state index in [0.717, 1.165) is 0 Å². The number of carbonyl (C=O) groups excluding carboxylic acids is 2. The Morgan fingerprint density at radius 2 is 1.96 bits per heavy atom. The molecule has 2 fully saturated rings. The molecule has 1 heterocycles. The minimum atomic E-state index is -0.750. The van der Waals surface area contributed by atoms with Gasteiger partial charge in [-0.3, -0.25) is 14.9 Å². The van der Waals surface area contributed by atoms with E-state index in [4.69, 9.17) is 9.47 Å². The topological polar surface area (TPSA) is 119 Å². The van der Waals surface area contributed by atoms with Crippen molar-refractivity contribution in [2.75, 3.05) is 13.2 Å². The Bertz CT molecular complexity index is 730. The number of nitro groups is 1. The van der Waals surface area contributed by atoms with Crippen molar-refractivity contribution in [3.05, 3.63) is 39.9 Å². The number of carbonyl (C=O) groups is 2. The van der Waals surface area contributed by atoms with Gasteiger partial charge in [-0.25, -0.2) is 4.79 Å². The van der Waals surface area contributed by atoms with Crippen LogP contribution in [0.3, 0.4) is 0 Å². The number of aliphatic hydroxyl groups is 1. The van der Waals surface area contributed by atoms with Gasteiger partial charge in [0.2, 0.25) is 0 Å². The average Bonchev–Trinajstić information content (AvgIpc) is 3.36. The van der Waals surface area contributed by atoms with Crippen LogP contribution in [0.4, 0.5) is 10.5 Å². The van der Waals surface area contributed by atoms with Crippen LogP contribution in [0, 0.1) is 15.5 Å². The number of aliphatic hydroxyl groups excluding tert-OH is 1. The highest BCUT2D eigenvalue weighted by Gasteiger charge is 2.61. The van der Waals surface area contributed by atoms with Crippen LogP contribution in [-0.4, -0.2) is 52.3 Å². The zero-order valence-corrected chi connectivity index (χ0v) is 15.0. The Morgan fingerprint density at radius 1 is 1.30 bits per heavy atom. The van der Waals surface area contributed by atoms with E-state index in [1.165, 1.54) is 29.2 Å². The number of β-amino-alcohol motifs (C(OH)–C–C–N with tert-alkyl or cyclic N) is 1. The molecule has 2 aliphatic rings. The largest absolute Gasteiger partial charge is 0.466 e. The number of esters is 1. The second kappa shape index (κ2) is 7.51. The Labute approximate surface area is 156 Å². The third-order valence-electron chi connectivity index (χ3n) is 5.13. The molecule has 1 saturated heterocycles. The summed E-state index contributed by atoms with van der Waals surface area (Å²) in [7, 11) is 0. The fourth-order valence-corrected chi connectivity index (χ4v) is 3.56. The lowest BCUT2D eigenvalue weighted by Gasteiger charge is -2.29. The summed E-state index contributed by atoms with van der Waals surface area (Å²) in [5.41, 5.74) is -0.186. The first kappa shape index (κ1) is 19.1. The van der Waals surface area contributed by atoms with Gasteiger partial charge in [-0.1, -0.05) is 0 Å². The van der Waals surface area contributed by atoms with Gasteiger partial charge in [0.15, 0.2) is 0 Å². The van der Waals surface area contributed by atoms with E-state index >= 15 is 0 Å². The number of hydrogen-bond acceptors (Lipinski definition) is 7. The van der Waals surface area contributed by atoms with Gasteiger partial charge in [0.25, 0.3) is 5.69 Å². The van der Waals surface area contributed by atoms with E-state index in [0.29, 0.717) is 24.8 Å². The summed E-state index contributed by atoms with van der Waals surface area (Å²) in [6, 6.07) is 5.26. The van der Waals surface area contributed by atoms with Crippen LogP contribution in [0.5, 0.6) is 0 Å². The summed E-state index contributed by atoms with van der Waals surface area (Å²) >= 11 is 0. The third-order valence-corrected chi connectivity index (χ3v) is 5.13. The Hall–Kier alpha value is -2.68. The van der Waals surface area contributed by atoms with Crippen LogP contribution in [-0.2, 0) is 20.9 Å². The Morgan fingerprint density at radius 3 is 2.52 bits per heavy atom. The average molecular weight is 378 g/mol.